The third-order valence-corrected chi connectivity index (χ3v) is 0.407. The summed E-state index contributed by atoms with van der Waals surface area (Å²) in [6, 6.07) is 0. The van der Waals surface area contributed by atoms with Crippen LogP contribution in [0.2, 0.25) is 0 Å². The number of unbranched alkanes of at least 4 members (excludes halogenated alkanes) is 1. The molecule has 0 fully saturated rings. The Bertz CT molecular complexity index is 30.9. The summed E-state index contributed by atoms with van der Waals surface area (Å²) in [6.07, 6.45) is 2.61. The van der Waals surface area contributed by atoms with Gasteiger partial charge >= 0.3 is 0 Å². The molecule has 0 aliphatic heterocycles. The largest absolute Gasteiger partial charge is 0.344 e. The second-order valence-electron chi connectivity index (χ2n) is 0.955. The number of aldehydes is 1. The molecule has 0 bridgehead atoms. The van der Waals surface area contributed by atoms with Gasteiger partial charge in [-0.3, -0.25) is 0 Å². The number of hydrogen-bond donors (Lipinski definition) is 2. The van der Waals surface area contributed by atoms with Gasteiger partial charge in [0.25, 0.3) is 0 Å². The summed E-state index contributed by atoms with van der Waals surface area (Å²) in [7, 11) is 0. The summed E-state index contributed by atoms with van der Waals surface area (Å²) in [5, 5.41) is 0. The molecule has 7 heavy (non-hydrogen) atoms. The Balaban J connectivity index is -0.0000000800. The van der Waals surface area contributed by atoms with Gasteiger partial charge in [-0.1, -0.05) is 6.92 Å². The zero-order valence-corrected chi connectivity index (χ0v) is 4.81. The number of rotatable bonds is 2. The second kappa shape index (κ2) is 17.6. The van der Waals surface area contributed by atoms with Crippen LogP contribution < -0.4 is 12.3 Å². The lowest BCUT2D eigenvalue weighted by molar-refractivity contribution is -0.107. The van der Waals surface area contributed by atoms with Gasteiger partial charge in [0, 0.05) is 6.42 Å². The summed E-state index contributed by atoms with van der Waals surface area (Å²) >= 11 is 0. The van der Waals surface area contributed by atoms with Crippen molar-refractivity contribution in [2.24, 2.45) is 0 Å². The van der Waals surface area contributed by atoms with Crippen molar-refractivity contribution in [1.82, 2.24) is 12.3 Å². The monoisotopic (exact) mass is 106 g/mol. The van der Waals surface area contributed by atoms with Crippen LogP contribution in [0.1, 0.15) is 19.8 Å². The number of carbonyl (C=O) groups is 1. The van der Waals surface area contributed by atoms with E-state index in [1.807, 2.05) is 6.92 Å². The predicted octanol–water partition coefficient (Wildman–Crippen LogP) is 1.31. The molecular formula is C4H14N2O. The van der Waals surface area contributed by atoms with Crippen molar-refractivity contribution in [3.05, 3.63) is 0 Å². The minimum atomic E-state index is 0. The topological polar surface area (TPSA) is 87.1 Å². The first-order valence-corrected chi connectivity index (χ1v) is 1.85. The van der Waals surface area contributed by atoms with E-state index in [4.69, 9.17) is 0 Å². The average Bonchev–Trinajstić information content (AvgIpc) is 1.41. The molecule has 0 radical (unpaired) electrons. The van der Waals surface area contributed by atoms with E-state index in [0.29, 0.717) is 6.42 Å². The van der Waals surface area contributed by atoms with Crippen molar-refractivity contribution in [3.8, 4) is 0 Å². The highest BCUT2D eigenvalue weighted by Crippen LogP contribution is 1.74. The molecule has 0 aliphatic rings. The van der Waals surface area contributed by atoms with Crippen molar-refractivity contribution in [3.63, 3.8) is 0 Å². The van der Waals surface area contributed by atoms with Crippen LogP contribution in [0, 0.1) is 0 Å². The Morgan fingerprint density at radius 1 is 1.43 bits per heavy atom. The van der Waals surface area contributed by atoms with Gasteiger partial charge in [0.05, 0.1) is 0 Å². The van der Waals surface area contributed by atoms with Crippen molar-refractivity contribution in [2.75, 3.05) is 0 Å². The van der Waals surface area contributed by atoms with Gasteiger partial charge in [-0.2, -0.15) is 0 Å². The SMILES string of the molecule is CCCC=O.N.N. The Labute approximate surface area is 44.3 Å². The Morgan fingerprint density at radius 2 is 1.86 bits per heavy atom. The molecule has 0 amide bonds. The molecule has 0 aliphatic carbocycles. The maximum absolute atomic E-state index is 9.40. The van der Waals surface area contributed by atoms with Crippen LogP contribution in [0.5, 0.6) is 0 Å². The highest BCUT2D eigenvalue weighted by molar-refractivity contribution is 5.48. The molecule has 0 unspecified atom stereocenters. The number of hydrogen-bond acceptors (Lipinski definition) is 3. The van der Waals surface area contributed by atoms with E-state index in [1.165, 1.54) is 0 Å². The van der Waals surface area contributed by atoms with E-state index in [1.54, 1.807) is 0 Å². The van der Waals surface area contributed by atoms with Gasteiger partial charge < -0.3 is 17.1 Å². The van der Waals surface area contributed by atoms with Crippen LogP contribution in [-0.4, -0.2) is 6.29 Å². The molecule has 0 saturated heterocycles. The highest BCUT2D eigenvalue weighted by atomic mass is 16.1. The van der Waals surface area contributed by atoms with Gasteiger partial charge in [-0.15, -0.1) is 0 Å². The summed E-state index contributed by atoms with van der Waals surface area (Å²) in [6.45, 7) is 1.98. The molecule has 3 heteroatoms. The molecule has 0 aromatic rings. The second-order valence-corrected chi connectivity index (χ2v) is 0.955. The van der Waals surface area contributed by atoms with Crippen LogP contribution >= 0.6 is 0 Å². The zero-order chi connectivity index (χ0) is 4.12. The number of carbonyl (C=O) groups excluding carboxylic acids is 1. The van der Waals surface area contributed by atoms with Gasteiger partial charge in [-0.25, -0.2) is 0 Å². The van der Waals surface area contributed by atoms with Gasteiger partial charge in [0.15, 0.2) is 0 Å². The minimum absolute atomic E-state index is 0. The van der Waals surface area contributed by atoms with Crippen molar-refractivity contribution >= 4 is 6.29 Å². The predicted molar refractivity (Wildman–Crippen MR) is 31.0 cm³/mol. The molecule has 0 aromatic carbocycles. The molecule has 0 heterocycles. The molecule has 0 aromatic heterocycles. The summed E-state index contributed by atoms with van der Waals surface area (Å²) in [5.41, 5.74) is 0. The summed E-state index contributed by atoms with van der Waals surface area (Å²) < 4.78 is 0. The lowest BCUT2D eigenvalue weighted by Gasteiger charge is -1.68. The standard InChI is InChI=1S/C4H8O.2H3N/c1-2-3-4-5;;/h4H,2-3H2,1H3;2*1H3. The van der Waals surface area contributed by atoms with E-state index in [-0.39, 0.29) is 12.3 Å². The maximum Gasteiger partial charge on any atom is 0.119 e. The van der Waals surface area contributed by atoms with E-state index >= 15 is 0 Å². The molecular weight excluding hydrogens is 92.1 g/mol. The first kappa shape index (κ1) is 16.0. The Kier molecular flexibility index (Phi) is 40.1. The van der Waals surface area contributed by atoms with Gasteiger partial charge in [0.1, 0.15) is 6.29 Å². The molecule has 6 N–H and O–H groups in total. The molecule has 0 atom stereocenters. The van der Waals surface area contributed by atoms with Crippen molar-refractivity contribution in [1.29, 1.82) is 0 Å². The Hall–Kier alpha value is -0.410. The Morgan fingerprint density at radius 3 is 1.86 bits per heavy atom. The van der Waals surface area contributed by atoms with Crippen LogP contribution in [0.4, 0.5) is 0 Å². The smallest absolute Gasteiger partial charge is 0.119 e. The molecule has 46 valence electrons. The van der Waals surface area contributed by atoms with Crippen LogP contribution in [0.25, 0.3) is 0 Å². The molecule has 0 saturated carbocycles. The normalized spacial score (nSPS) is 5.29. The van der Waals surface area contributed by atoms with E-state index < -0.39 is 0 Å². The fourth-order valence-corrected chi connectivity index (χ4v) is 0.118. The minimum Gasteiger partial charge on any atom is -0.344 e. The van der Waals surface area contributed by atoms with E-state index in [2.05, 4.69) is 0 Å². The molecule has 0 spiro atoms. The van der Waals surface area contributed by atoms with E-state index in [0.717, 1.165) is 12.7 Å². The van der Waals surface area contributed by atoms with Crippen molar-refractivity contribution < 1.29 is 4.79 Å². The van der Waals surface area contributed by atoms with Crippen LogP contribution in [0.15, 0.2) is 0 Å². The average molecular weight is 106 g/mol. The molecule has 3 nitrogen and oxygen atoms in total. The van der Waals surface area contributed by atoms with Gasteiger partial charge in [-0.05, 0) is 6.42 Å². The lowest BCUT2D eigenvalue weighted by Crippen LogP contribution is -1.64. The fraction of sp³-hybridized carbons (Fsp3) is 0.750. The first-order valence-electron chi connectivity index (χ1n) is 1.85. The maximum atomic E-state index is 9.40. The zero-order valence-electron chi connectivity index (χ0n) is 4.81. The quantitative estimate of drug-likeness (QED) is 0.520. The summed E-state index contributed by atoms with van der Waals surface area (Å²) in [4.78, 5) is 9.40. The van der Waals surface area contributed by atoms with Crippen LogP contribution in [-0.2, 0) is 4.79 Å². The lowest BCUT2D eigenvalue weighted by atomic mass is 10.4. The van der Waals surface area contributed by atoms with Crippen molar-refractivity contribution in [2.45, 2.75) is 19.8 Å². The van der Waals surface area contributed by atoms with Gasteiger partial charge in [0.2, 0.25) is 0 Å². The third kappa shape index (κ3) is 28.5. The van der Waals surface area contributed by atoms with E-state index in [9.17, 15) is 4.79 Å². The third-order valence-electron chi connectivity index (χ3n) is 0.407. The highest BCUT2D eigenvalue weighted by Gasteiger charge is 1.66. The first-order chi connectivity index (χ1) is 2.41. The summed E-state index contributed by atoms with van der Waals surface area (Å²) in [5.74, 6) is 0. The molecule has 0 rings (SSSR count). The van der Waals surface area contributed by atoms with Crippen LogP contribution in [0.3, 0.4) is 0 Å². The fourth-order valence-electron chi connectivity index (χ4n) is 0.118.